The summed E-state index contributed by atoms with van der Waals surface area (Å²) in [5, 5.41) is 2.52. The van der Waals surface area contributed by atoms with Crippen LogP contribution in [0.2, 0.25) is 0 Å². The zero-order valence-electron chi connectivity index (χ0n) is 8.04. The maximum absolute atomic E-state index is 10.8. The van der Waals surface area contributed by atoms with Crippen molar-refractivity contribution in [2.45, 2.75) is 26.3 Å². The second-order valence-electron chi connectivity index (χ2n) is 2.79. The van der Waals surface area contributed by atoms with Crippen LogP contribution < -0.4 is 5.32 Å². The van der Waals surface area contributed by atoms with Crippen molar-refractivity contribution in [2.24, 2.45) is 0 Å². The van der Waals surface area contributed by atoms with Crippen molar-refractivity contribution >= 4 is 12.2 Å². The zero-order valence-corrected chi connectivity index (χ0v) is 8.04. The van der Waals surface area contributed by atoms with Crippen molar-refractivity contribution in [3.63, 3.8) is 0 Å². The third-order valence-corrected chi connectivity index (χ3v) is 1.71. The standard InChI is InChI=1S/C10H15NO2/c1-4-8(3)6-9(7-12)11-10(13)5-2/h4-5,7,9H,2,6H2,1,3H3,(H,11,13)/b8-4+/t9-/m0/s1. The van der Waals surface area contributed by atoms with E-state index in [9.17, 15) is 9.59 Å². The minimum atomic E-state index is -0.443. The number of hydrogen-bond donors (Lipinski definition) is 1. The van der Waals surface area contributed by atoms with Gasteiger partial charge in [0.25, 0.3) is 0 Å². The maximum atomic E-state index is 10.8. The van der Waals surface area contributed by atoms with Gasteiger partial charge in [0.15, 0.2) is 0 Å². The molecule has 13 heavy (non-hydrogen) atoms. The summed E-state index contributed by atoms with van der Waals surface area (Å²) in [5.41, 5.74) is 1.07. The van der Waals surface area contributed by atoms with Crippen LogP contribution in [0.15, 0.2) is 24.3 Å². The van der Waals surface area contributed by atoms with E-state index in [2.05, 4.69) is 11.9 Å². The molecule has 3 heteroatoms. The predicted molar refractivity (Wildman–Crippen MR) is 52.2 cm³/mol. The number of carbonyl (C=O) groups excluding carboxylic acids is 2. The van der Waals surface area contributed by atoms with E-state index >= 15 is 0 Å². The fourth-order valence-electron chi connectivity index (χ4n) is 0.840. The van der Waals surface area contributed by atoms with E-state index in [1.54, 1.807) is 0 Å². The SMILES string of the molecule is C=CC(=O)N[C@H](C=O)C/C(C)=C/C. The van der Waals surface area contributed by atoms with E-state index in [0.29, 0.717) is 6.42 Å². The van der Waals surface area contributed by atoms with Crippen LogP contribution in [-0.2, 0) is 9.59 Å². The van der Waals surface area contributed by atoms with E-state index in [4.69, 9.17) is 0 Å². The molecular formula is C10H15NO2. The van der Waals surface area contributed by atoms with Gasteiger partial charge in [-0.15, -0.1) is 0 Å². The first-order chi connectivity index (χ1) is 6.13. The molecule has 0 radical (unpaired) electrons. The first-order valence-corrected chi connectivity index (χ1v) is 4.14. The average Bonchev–Trinajstić information content (AvgIpc) is 2.16. The second kappa shape index (κ2) is 6.17. The number of aldehydes is 1. The van der Waals surface area contributed by atoms with Gasteiger partial charge in [0.2, 0.25) is 5.91 Å². The van der Waals surface area contributed by atoms with Gasteiger partial charge in [0.1, 0.15) is 6.29 Å². The summed E-state index contributed by atoms with van der Waals surface area (Å²) < 4.78 is 0. The Kier molecular flexibility index (Phi) is 5.52. The van der Waals surface area contributed by atoms with Gasteiger partial charge in [-0.3, -0.25) is 4.79 Å². The van der Waals surface area contributed by atoms with Crippen molar-refractivity contribution in [2.75, 3.05) is 0 Å². The Morgan fingerprint density at radius 1 is 1.62 bits per heavy atom. The topological polar surface area (TPSA) is 46.2 Å². The van der Waals surface area contributed by atoms with E-state index in [1.807, 2.05) is 19.9 Å². The van der Waals surface area contributed by atoms with Crippen LogP contribution in [0.3, 0.4) is 0 Å². The molecule has 0 heterocycles. The summed E-state index contributed by atoms with van der Waals surface area (Å²) in [6.45, 7) is 7.11. The molecule has 0 fully saturated rings. The summed E-state index contributed by atoms with van der Waals surface area (Å²) >= 11 is 0. The van der Waals surface area contributed by atoms with Crippen LogP contribution in [0.4, 0.5) is 0 Å². The van der Waals surface area contributed by atoms with Crippen molar-refractivity contribution in [1.29, 1.82) is 0 Å². The molecule has 0 saturated carbocycles. The molecule has 0 aromatic heterocycles. The average molecular weight is 181 g/mol. The summed E-state index contributed by atoms with van der Waals surface area (Å²) in [4.78, 5) is 21.4. The lowest BCUT2D eigenvalue weighted by Crippen LogP contribution is -2.34. The minimum Gasteiger partial charge on any atom is -0.343 e. The molecular weight excluding hydrogens is 166 g/mol. The first-order valence-electron chi connectivity index (χ1n) is 4.14. The van der Waals surface area contributed by atoms with E-state index in [0.717, 1.165) is 17.9 Å². The number of carbonyl (C=O) groups is 2. The number of nitrogens with one attached hydrogen (secondary N) is 1. The minimum absolute atomic E-state index is 0.319. The third kappa shape index (κ3) is 4.95. The van der Waals surface area contributed by atoms with Gasteiger partial charge in [0.05, 0.1) is 6.04 Å². The number of hydrogen-bond acceptors (Lipinski definition) is 2. The molecule has 3 nitrogen and oxygen atoms in total. The monoisotopic (exact) mass is 181 g/mol. The third-order valence-electron chi connectivity index (χ3n) is 1.71. The molecule has 0 bridgehead atoms. The van der Waals surface area contributed by atoms with Crippen LogP contribution in [0, 0.1) is 0 Å². The van der Waals surface area contributed by atoms with Crippen LogP contribution >= 0.6 is 0 Å². The van der Waals surface area contributed by atoms with Gasteiger partial charge in [0, 0.05) is 0 Å². The highest BCUT2D eigenvalue weighted by Gasteiger charge is 2.08. The smallest absolute Gasteiger partial charge is 0.243 e. The summed E-state index contributed by atoms with van der Waals surface area (Å²) in [6, 6.07) is -0.443. The Morgan fingerprint density at radius 2 is 2.23 bits per heavy atom. The van der Waals surface area contributed by atoms with Crippen LogP contribution in [-0.4, -0.2) is 18.2 Å². The molecule has 72 valence electrons. The van der Waals surface area contributed by atoms with Gasteiger partial charge in [-0.05, 0) is 26.3 Å². The summed E-state index contributed by atoms with van der Waals surface area (Å²) in [7, 11) is 0. The molecule has 0 saturated heterocycles. The number of rotatable bonds is 5. The lowest BCUT2D eigenvalue weighted by molar-refractivity contribution is -0.120. The molecule has 1 atom stereocenters. The first kappa shape index (κ1) is 11.6. The highest BCUT2D eigenvalue weighted by molar-refractivity contribution is 5.88. The molecule has 0 aliphatic heterocycles. The Morgan fingerprint density at radius 3 is 2.62 bits per heavy atom. The van der Waals surface area contributed by atoms with E-state index < -0.39 is 6.04 Å². The van der Waals surface area contributed by atoms with Crippen LogP contribution in [0.25, 0.3) is 0 Å². The highest BCUT2D eigenvalue weighted by atomic mass is 16.2. The Hall–Kier alpha value is -1.38. The quantitative estimate of drug-likeness (QED) is 0.393. The van der Waals surface area contributed by atoms with Crippen molar-refractivity contribution < 1.29 is 9.59 Å². The van der Waals surface area contributed by atoms with E-state index in [-0.39, 0.29) is 5.91 Å². The predicted octanol–water partition coefficient (Wildman–Crippen LogP) is 1.21. The molecule has 0 aliphatic carbocycles. The number of amides is 1. The molecule has 1 N–H and O–H groups in total. The molecule has 0 rings (SSSR count). The summed E-state index contributed by atoms with van der Waals surface area (Å²) in [5.74, 6) is -0.319. The van der Waals surface area contributed by atoms with Crippen LogP contribution in [0.1, 0.15) is 20.3 Å². The van der Waals surface area contributed by atoms with Gasteiger partial charge < -0.3 is 10.1 Å². The van der Waals surface area contributed by atoms with Gasteiger partial charge in [-0.1, -0.05) is 18.2 Å². The normalized spacial score (nSPS) is 13.2. The lowest BCUT2D eigenvalue weighted by atomic mass is 10.1. The zero-order chi connectivity index (χ0) is 10.3. The number of allylic oxidation sites excluding steroid dienone is 1. The highest BCUT2D eigenvalue weighted by Crippen LogP contribution is 2.02. The molecule has 0 aliphatic rings. The van der Waals surface area contributed by atoms with Gasteiger partial charge in [-0.2, -0.15) is 0 Å². The van der Waals surface area contributed by atoms with E-state index in [1.165, 1.54) is 0 Å². The Balaban J connectivity index is 4.11. The fourth-order valence-corrected chi connectivity index (χ4v) is 0.840. The molecule has 0 spiro atoms. The molecule has 0 aromatic carbocycles. The molecule has 0 aromatic rings. The second-order valence-corrected chi connectivity index (χ2v) is 2.79. The van der Waals surface area contributed by atoms with Crippen molar-refractivity contribution in [1.82, 2.24) is 5.32 Å². The maximum Gasteiger partial charge on any atom is 0.243 e. The van der Waals surface area contributed by atoms with Crippen molar-refractivity contribution in [3.8, 4) is 0 Å². The van der Waals surface area contributed by atoms with Crippen molar-refractivity contribution in [3.05, 3.63) is 24.3 Å². The Bertz CT molecular complexity index is 227. The summed E-state index contributed by atoms with van der Waals surface area (Å²) in [6.07, 6.45) is 4.35. The van der Waals surface area contributed by atoms with Gasteiger partial charge in [-0.25, -0.2) is 0 Å². The lowest BCUT2D eigenvalue weighted by Gasteiger charge is -2.10. The fraction of sp³-hybridized carbons (Fsp3) is 0.400. The molecule has 1 amide bonds. The van der Waals surface area contributed by atoms with Crippen LogP contribution in [0.5, 0.6) is 0 Å². The largest absolute Gasteiger partial charge is 0.343 e. The van der Waals surface area contributed by atoms with Gasteiger partial charge >= 0.3 is 0 Å². The molecule has 0 unspecified atom stereocenters. The Labute approximate surface area is 78.5 Å².